The number of aliphatic hydroxyl groups is 1. The highest BCUT2D eigenvalue weighted by Gasteiger charge is 2.45. The molecule has 3 N–H and O–H groups in total. The molecule has 11 nitrogen and oxygen atoms in total. The van der Waals surface area contributed by atoms with E-state index in [9.17, 15) is 45.0 Å². The molecule has 0 aromatic carbocycles. The number of halogens is 8. The molecule has 4 heterocycles. The van der Waals surface area contributed by atoms with Gasteiger partial charge in [0.15, 0.2) is 23.8 Å². The number of imidazole rings is 1. The van der Waals surface area contributed by atoms with Gasteiger partial charge >= 0.3 is 12.4 Å². The van der Waals surface area contributed by atoms with Crippen molar-refractivity contribution < 1.29 is 49.8 Å². The monoisotopic (exact) mass is 652 g/mol. The highest BCUT2D eigenvalue weighted by molar-refractivity contribution is 5.76. The standard InChI is InChI=1S/C26H28F8N8O3/c27-24(28)4-1-14(2-5-24)9-16(38-23-20(45-23)21-35-13-41(40-21)8-7-26(32,33)34)17-12-42-18(37-17)10-15(11-36-42)22(44)39-19(43)3-6-25(29,30)31/h9-13,16,20,22-23,38,44H,1-8H2,(H,39,43)/t16?,20?,22-,23?/m1/s1. The van der Waals surface area contributed by atoms with Crippen LogP contribution in [0.25, 0.3) is 5.65 Å². The lowest BCUT2D eigenvalue weighted by atomic mass is 9.90. The average molecular weight is 653 g/mol. The Morgan fingerprint density at radius 1 is 1.16 bits per heavy atom. The van der Waals surface area contributed by atoms with E-state index in [1.807, 2.05) is 0 Å². The number of hydrogen-bond acceptors (Lipinski definition) is 8. The zero-order valence-electron chi connectivity index (χ0n) is 23.3. The van der Waals surface area contributed by atoms with Gasteiger partial charge in [-0.05, 0) is 18.9 Å². The number of amides is 1. The fraction of sp³-hybridized carbons (Fsp3) is 0.577. The van der Waals surface area contributed by atoms with E-state index in [0.717, 1.165) is 10.3 Å². The average Bonchev–Trinajstić information content (AvgIpc) is 3.34. The molecule has 1 aliphatic heterocycles. The Morgan fingerprint density at radius 3 is 2.56 bits per heavy atom. The van der Waals surface area contributed by atoms with Crippen molar-refractivity contribution in [1.29, 1.82) is 0 Å². The summed E-state index contributed by atoms with van der Waals surface area (Å²) in [6.45, 7) is -0.414. The maximum Gasteiger partial charge on any atom is 0.390 e. The number of fused-ring (bicyclic) bond motifs is 1. The number of aromatic nitrogens is 6. The molecule has 1 saturated heterocycles. The van der Waals surface area contributed by atoms with Gasteiger partial charge in [0.1, 0.15) is 12.6 Å². The number of carbonyl (C=O) groups is 1. The predicted molar refractivity (Wildman–Crippen MR) is 137 cm³/mol. The normalized spacial score (nSPS) is 21.5. The highest BCUT2D eigenvalue weighted by Crippen LogP contribution is 2.39. The maximum absolute atomic E-state index is 13.8. The zero-order chi connectivity index (χ0) is 32.6. The second kappa shape index (κ2) is 12.6. The highest BCUT2D eigenvalue weighted by atomic mass is 19.4. The molecule has 2 aliphatic rings. The van der Waals surface area contributed by atoms with Gasteiger partial charge in [0.25, 0.3) is 0 Å². The first-order valence-electron chi connectivity index (χ1n) is 13.9. The number of carbonyl (C=O) groups excluding carboxylic acids is 1. The molecule has 4 atom stereocenters. The van der Waals surface area contributed by atoms with Crippen LogP contribution in [-0.2, 0) is 16.1 Å². The Bertz CT molecular complexity index is 1520. The van der Waals surface area contributed by atoms with E-state index >= 15 is 0 Å². The molecule has 1 aliphatic carbocycles. The zero-order valence-corrected chi connectivity index (χ0v) is 23.3. The van der Waals surface area contributed by atoms with E-state index in [4.69, 9.17) is 4.74 Å². The van der Waals surface area contributed by atoms with Crippen molar-refractivity contribution in [2.75, 3.05) is 0 Å². The van der Waals surface area contributed by atoms with Crippen LogP contribution in [0.4, 0.5) is 35.1 Å². The van der Waals surface area contributed by atoms with Crippen LogP contribution in [0.15, 0.2) is 36.4 Å². The third-order valence-corrected chi connectivity index (χ3v) is 7.22. The minimum atomic E-state index is -4.53. The Labute approximate surface area is 249 Å². The second-order valence-electron chi connectivity index (χ2n) is 10.9. The van der Waals surface area contributed by atoms with Gasteiger partial charge in [-0.15, -0.1) is 0 Å². The van der Waals surface area contributed by atoms with Crippen LogP contribution in [0.1, 0.15) is 80.4 Å². The first kappa shape index (κ1) is 32.7. The molecule has 0 bridgehead atoms. The van der Waals surface area contributed by atoms with Crippen molar-refractivity contribution in [3.63, 3.8) is 0 Å². The van der Waals surface area contributed by atoms with E-state index in [1.54, 1.807) is 6.08 Å². The van der Waals surface area contributed by atoms with Gasteiger partial charge in [0, 0.05) is 24.8 Å². The van der Waals surface area contributed by atoms with Gasteiger partial charge in [-0.1, -0.05) is 11.6 Å². The Balaban J connectivity index is 1.30. The minimum Gasteiger partial charge on any atom is -0.369 e. The molecule has 1 amide bonds. The van der Waals surface area contributed by atoms with Crippen molar-refractivity contribution in [3.05, 3.63) is 53.5 Å². The number of nitrogens with zero attached hydrogens (tertiary/aromatic N) is 6. The summed E-state index contributed by atoms with van der Waals surface area (Å²) in [6, 6.07) is 0.663. The summed E-state index contributed by atoms with van der Waals surface area (Å²) in [5, 5.41) is 23.8. The van der Waals surface area contributed by atoms with Crippen molar-refractivity contribution in [2.45, 2.75) is 94.4 Å². The van der Waals surface area contributed by atoms with Crippen molar-refractivity contribution >= 4 is 11.6 Å². The number of ether oxygens (including phenoxy) is 1. The van der Waals surface area contributed by atoms with Gasteiger partial charge in [0.05, 0.1) is 43.5 Å². The second-order valence-corrected chi connectivity index (χ2v) is 10.9. The Morgan fingerprint density at radius 2 is 1.87 bits per heavy atom. The van der Waals surface area contributed by atoms with Gasteiger partial charge in [-0.3, -0.25) is 14.8 Å². The van der Waals surface area contributed by atoms with Crippen LogP contribution in [0.5, 0.6) is 0 Å². The molecule has 3 unspecified atom stereocenters. The first-order valence-corrected chi connectivity index (χ1v) is 13.9. The van der Waals surface area contributed by atoms with Crippen molar-refractivity contribution in [1.82, 2.24) is 40.0 Å². The SMILES string of the molecule is O=C(CCC(F)(F)F)N[C@H](O)c1cnn2cc(C(C=C3CCC(F)(F)CC3)NC3OC3c3ncn(CCC(F)(F)F)n3)nc2c1. The van der Waals surface area contributed by atoms with Gasteiger partial charge in [-0.2, -0.15) is 36.5 Å². The molecule has 1 saturated carbocycles. The fourth-order valence-electron chi connectivity index (χ4n) is 4.73. The summed E-state index contributed by atoms with van der Waals surface area (Å²) in [7, 11) is 0. The van der Waals surface area contributed by atoms with E-state index in [-0.39, 0.29) is 42.7 Å². The van der Waals surface area contributed by atoms with Crippen molar-refractivity contribution in [3.8, 4) is 0 Å². The maximum atomic E-state index is 13.8. The first-order chi connectivity index (χ1) is 21.0. The summed E-state index contributed by atoms with van der Waals surface area (Å²) in [4.78, 5) is 20.4. The van der Waals surface area contributed by atoms with Gasteiger partial charge < -0.3 is 15.2 Å². The largest absolute Gasteiger partial charge is 0.390 e. The molecule has 19 heteroatoms. The van der Waals surface area contributed by atoms with Crippen LogP contribution in [0, 0.1) is 0 Å². The van der Waals surface area contributed by atoms with Crippen LogP contribution in [0.3, 0.4) is 0 Å². The Hall–Kier alpha value is -3.71. The summed E-state index contributed by atoms with van der Waals surface area (Å²) in [5.74, 6) is -3.63. The third kappa shape index (κ3) is 9.16. The number of rotatable bonds is 11. The molecule has 246 valence electrons. The number of epoxide rings is 1. The molecular formula is C26H28F8N8O3. The number of aliphatic hydroxyl groups excluding tert-OH is 1. The summed E-state index contributed by atoms with van der Waals surface area (Å²) in [5.41, 5.74) is 1.36. The van der Waals surface area contributed by atoms with Crippen LogP contribution in [0.2, 0.25) is 0 Å². The molecule has 2 fully saturated rings. The number of hydrogen-bond donors (Lipinski definition) is 3. The van der Waals surface area contributed by atoms with Gasteiger partial charge in [0.2, 0.25) is 11.8 Å². The molecule has 3 aromatic rings. The topological polar surface area (TPSA) is 135 Å². The smallest absolute Gasteiger partial charge is 0.369 e. The molecule has 45 heavy (non-hydrogen) atoms. The Kier molecular flexibility index (Phi) is 9.14. The molecule has 5 rings (SSSR count). The quantitative estimate of drug-likeness (QED) is 0.119. The fourth-order valence-corrected chi connectivity index (χ4v) is 4.73. The lowest BCUT2D eigenvalue weighted by Gasteiger charge is -2.24. The van der Waals surface area contributed by atoms with Crippen LogP contribution >= 0.6 is 0 Å². The summed E-state index contributed by atoms with van der Waals surface area (Å²) in [6.07, 6.45) is -9.97. The number of allylic oxidation sites excluding steroid dienone is 1. The van der Waals surface area contributed by atoms with E-state index in [0.29, 0.717) is 5.69 Å². The third-order valence-electron chi connectivity index (χ3n) is 7.22. The summed E-state index contributed by atoms with van der Waals surface area (Å²) < 4.78 is 110. The van der Waals surface area contributed by atoms with E-state index in [2.05, 4.69) is 30.8 Å². The molecule has 3 aromatic heterocycles. The van der Waals surface area contributed by atoms with E-state index in [1.165, 1.54) is 29.3 Å². The number of aryl methyl sites for hydroxylation is 1. The molecule has 0 radical (unpaired) electrons. The molecular weight excluding hydrogens is 624 g/mol. The molecule has 0 spiro atoms. The lowest BCUT2D eigenvalue weighted by molar-refractivity contribution is -0.145. The van der Waals surface area contributed by atoms with Crippen LogP contribution < -0.4 is 10.6 Å². The van der Waals surface area contributed by atoms with Crippen molar-refractivity contribution in [2.24, 2.45) is 0 Å². The van der Waals surface area contributed by atoms with Crippen LogP contribution in [-0.4, -0.2) is 64.9 Å². The predicted octanol–water partition coefficient (Wildman–Crippen LogP) is 4.59. The van der Waals surface area contributed by atoms with Gasteiger partial charge in [-0.25, -0.2) is 23.3 Å². The van der Waals surface area contributed by atoms with E-state index < -0.39 is 74.6 Å². The minimum absolute atomic E-state index is 0.0511. The number of alkyl halides is 8. The number of nitrogens with one attached hydrogen (secondary N) is 2. The lowest BCUT2D eigenvalue weighted by Crippen LogP contribution is -2.29. The summed E-state index contributed by atoms with van der Waals surface area (Å²) >= 11 is 0.